The zero-order valence-electron chi connectivity index (χ0n) is 10.8. The number of rotatable bonds is 7. The number of nitrogens with one attached hydrogen (secondary N) is 1. The Morgan fingerprint density at radius 2 is 2.00 bits per heavy atom. The molecule has 0 aromatic carbocycles. The van der Waals surface area contributed by atoms with E-state index < -0.39 is 5.54 Å². The van der Waals surface area contributed by atoms with Gasteiger partial charge in [-0.25, -0.2) is 0 Å². The molecule has 2 rings (SSSR count). The van der Waals surface area contributed by atoms with Gasteiger partial charge < -0.3 is 14.8 Å². The molecule has 0 bridgehead atoms. The Morgan fingerprint density at radius 3 is 2.53 bits per heavy atom. The lowest BCUT2D eigenvalue weighted by molar-refractivity contribution is -0.164. The Hall–Kier alpha value is -0.610. The van der Waals surface area contributed by atoms with Crippen LogP contribution in [0.15, 0.2) is 0 Å². The van der Waals surface area contributed by atoms with Crippen molar-refractivity contribution in [2.45, 2.75) is 51.2 Å². The van der Waals surface area contributed by atoms with E-state index in [1.807, 2.05) is 13.8 Å². The maximum Gasteiger partial charge on any atom is 0.326 e. The van der Waals surface area contributed by atoms with Gasteiger partial charge in [0.1, 0.15) is 5.54 Å². The highest BCUT2D eigenvalue weighted by atomic mass is 16.5. The third-order valence-corrected chi connectivity index (χ3v) is 3.65. The van der Waals surface area contributed by atoms with Crippen LogP contribution in [0.4, 0.5) is 0 Å². The summed E-state index contributed by atoms with van der Waals surface area (Å²) in [6, 6.07) is 0. The molecule has 0 heterocycles. The Bertz CT molecular complexity index is 270. The molecule has 2 aliphatic carbocycles. The van der Waals surface area contributed by atoms with Crippen LogP contribution in [0.3, 0.4) is 0 Å². The highest BCUT2D eigenvalue weighted by Crippen LogP contribution is 2.37. The lowest BCUT2D eigenvalue weighted by Gasteiger charge is -2.45. The second-order valence-electron chi connectivity index (χ2n) is 5.11. The summed E-state index contributed by atoms with van der Waals surface area (Å²) < 4.78 is 10.7. The number of esters is 1. The van der Waals surface area contributed by atoms with Gasteiger partial charge in [0.2, 0.25) is 0 Å². The molecule has 17 heavy (non-hydrogen) atoms. The molecule has 0 aromatic rings. The summed E-state index contributed by atoms with van der Waals surface area (Å²) in [5.41, 5.74) is -0.460. The maximum atomic E-state index is 12.0. The van der Waals surface area contributed by atoms with Gasteiger partial charge in [-0.1, -0.05) is 0 Å². The standard InChI is InChI=1S/C13H23NO3/c1-3-16-11-7-13(8-11,12(15)17-4-2)14-9-10-5-6-10/h10-11,14H,3-9H2,1-2H3. The van der Waals surface area contributed by atoms with E-state index >= 15 is 0 Å². The molecule has 2 fully saturated rings. The smallest absolute Gasteiger partial charge is 0.326 e. The van der Waals surface area contributed by atoms with E-state index in [2.05, 4.69) is 5.32 Å². The van der Waals surface area contributed by atoms with Gasteiger partial charge in [-0.2, -0.15) is 0 Å². The molecule has 98 valence electrons. The first-order chi connectivity index (χ1) is 8.20. The second kappa shape index (κ2) is 5.36. The van der Waals surface area contributed by atoms with Crippen molar-refractivity contribution in [2.24, 2.45) is 5.92 Å². The molecule has 1 N–H and O–H groups in total. The van der Waals surface area contributed by atoms with Gasteiger partial charge in [0, 0.05) is 19.4 Å². The fraction of sp³-hybridized carbons (Fsp3) is 0.923. The molecular weight excluding hydrogens is 218 g/mol. The van der Waals surface area contributed by atoms with Crippen LogP contribution in [0.1, 0.15) is 39.5 Å². The zero-order valence-corrected chi connectivity index (χ0v) is 10.8. The molecule has 0 radical (unpaired) electrons. The Labute approximate surface area is 103 Å². The number of hydrogen-bond acceptors (Lipinski definition) is 4. The minimum Gasteiger partial charge on any atom is -0.465 e. The van der Waals surface area contributed by atoms with Crippen molar-refractivity contribution in [3.63, 3.8) is 0 Å². The van der Waals surface area contributed by atoms with E-state index in [0.717, 1.165) is 25.3 Å². The summed E-state index contributed by atoms with van der Waals surface area (Å²) in [7, 11) is 0. The fourth-order valence-electron chi connectivity index (χ4n) is 2.39. The number of hydrogen-bond donors (Lipinski definition) is 1. The van der Waals surface area contributed by atoms with Gasteiger partial charge >= 0.3 is 5.97 Å². The Balaban J connectivity index is 1.85. The summed E-state index contributed by atoms with van der Waals surface area (Å²) in [6.45, 7) is 5.95. The van der Waals surface area contributed by atoms with Gasteiger partial charge in [-0.15, -0.1) is 0 Å². The molecule has 0 aliphatic heterocycles. The lowest BCUT2D eigenvalue weighted by atomic mass is 9.74. The largest absolute Gasteiger partial charge is 0.465 e. The number of carbonyl (C=O) groups excluding carboxylic acids is 1. The van der Waals surface area contributed by atoms with Gasteiger partial charge in [0.15, 0.2) is 0 Å². The summed E-state index contributed by atoms with van der Waals surface area (Å²) in [4.78, 5) is 12.0. The van der Waals surface area contributed by atoms with Crippen molar-refractivity contribution in [3.8, 4) is 0 Å². The topological polar surface area (TPSA) is 47.6 Å². The summed E-state index contributed by atoms with van der Waals surface area (Å²) in [5.74, 6) is 0.670. The first-order valence-electron chi connectivity index (χ1n) is 6.74. The minimum absolute atomic E-state index is 0.100. The van der Waals surface area contributed by atoms with Crippen molar-refractivity contribution >= 4 is 5.97 Å². The maximum absolute atomic E-state index is 12.0. The first-order valence-corrected chi connectivity index (χ1v) is 6.74. The normalized spacial score (nSPS) is 32.0. The lowest BCUT2D eigenvalue weighted by Crippen LogP contribution is -2.64. The average molecular weight is 241 g/mol. The first kappa shape index (κ1) is 12.8. The minimum atomic E-state index is -0.460. The van der Waals surface area contributed by atoms with Crippen LogP contribution in [-0.2, 0) is 14.3 Å². The third kappa shape index (κ3) is 2.99. The molecule has 0 atom stereocenters. The molecule has 0 aromatic heterocycles. The summed E-state index contributed by atoms with van der Waals surface area (Å²) in [5, 5.41) is 3.41. The molecule has 0 saturated heterocycles. The van der Waals surface area contributed by atoms with E-state index in [0.29, 0.717) is 13.2 Å². The van der Waals surface area contributed by atoms with E-state index in [1.165, 1.54) is 12.8 Å². The van der Waals surface area contributed by atoms with Crippen molar-refractivity contribution in [1.82, 2.24) is 5.32 Å². The van der Waals surface area contributed by atoms with Crippen LogP contribution in [0.2, 0.25) is 0 Å². The molecule has 4 nitrogen and oxygen atoms in total. The van der Waals surface area contributed by atoms with Gasteiger partial charge in [-0.3, -0.25) is 4.79 Å². The Kier molecular flexibility index (Phi) is 4.05. The van der Waals surface area contributed by atoms with Crippen molar-refractivity contribution in [1.29, 1.82) is 0 Å². The van der Waals surface area contributed by atoms with Crippen LogP contribution < -0.4 is 5.32 Å². The summed E-state index contributed by atoms with van der Waals surface area (Å²) >= 11 is 0. The van der Waals surface area contributed by atoms with Crippen LogP contribution in [0.25, 0.3) is 0 Å². The van der Waals surface area contributed by atoms with Crippen molar-refractivity contribution in [3.05, 3.63) is 0 Å². The molecular formula is C13H23NO3. The zero-order chi connectivity index (χ0) is 12.3. The quantitative estimate of drug-likeness (QED) is 0.686. The van der Waals surface area contributed by atoms with Crippen molar-refractivity contribution in [2.75, 3.05) is 19.8 Å². The second-order valence-corrected chi connectivity index (χ2v) is 5.11. The number of ether oxygens (including phenoxy) is 2. The molecule has 2 aliphatic rings. The van der Waals surface area contributed by atoms with E-state index in [1.54, 1.807) is 0 Å². The highest BCUT2D eigenvalue weighted by Gasteiger charge is 2.52. The van der Waals surface area contributed by atoms with Gasteiger partial charge in [0.25, 0.3) is 0 Å². The molecule has 0 unspecified atom stereocenters. The van der Waals surface area contributed by atoms with E-state index in [-0.39, 0.29) is 12.1 Å². The van der Waals surface area contributed by atoms with Crippen LogP contribution in [-0.4, -0.2) is 37.4 Å². The van der Waals surface area contributed by atoms with Gasteiger partial charge in [-0.05, 0) is 39.2 Å². The third-order valence-electron chi connectivity index (χ3n) is 3.65. The molecule has 2 saturated carbocycles. The Morgan fingerprint density at radius 1 is 1.29 bits per heavy atom. The fourth-order valence-corrected chi connectivity index (χ4v) is 2.39. The van der Waals surface area contributed by atoms with Crippen LogP contribution >= 0.6 is 0 Å². The van der Waals surface area contributed by atoms with Gasteiger partial charge in [0.05, 0.1) is 12.7 Å². The van der Waals surface area contributed by atoms with Crippen LogP contribution in [0.5, 0.6) is 0 Å². The molecule has 0 spiro atoms. The predicted molar refractivity (Wildman–Crippen MR) is 64.7 cm³/mol. The SMILES string of the molecule is CCOC(=O)C1(NCC2CC2)CC(OCC)C1. The monoisotopic (exact) mass is 241 g/mol. The van der Waals surface area contributed by atoms with Crippen molar-refractivity contribution < 1.29 is 14.3 Å². The highest BCUT2D eigenvalue weighted by molar-refractivity contribution is 5.82. The molecule has 0 amide bonds. The summed E-state index contributed by atoms with van der Waals surface area (Å²) in [6.07, 6.45) is 4.32. The van der Waals surface area contributed by atoms with E-state index in [4.69, 9.17) is 9.47 Å². The number of carbonyl (C=O) groups is 1. The predicted octanol–water partition coefficient (Wildman–Crippen LogP) is 1.49. The van der Waals surface area contributed by atoms with Crippen LogP contribution in [0, 0.1) is 5.92 Å². The average Bonchev–Trinajstić information content (AvgIpc) is 3.05. The van der Waals surface area contributed by atoms with E-state index in [9.17, 15) is 4.79 Å². The molecule has 4 heteroatoms.